The van der Waals surface area contributed by atoms with Crippen molar-refractivity contribution in [2.24, 2.45) is 0 Å². The summed E-state index contributed by atoms with van der Waals surface area (Å²) in [5, 5.41) is 0.532. The van der Waals surface area contributed by atoms with Gasteiger partial charge in [-0.1, -0.05) is 23.2 Å². The molecule has 136 valence electrons. The number of halogens is 2. The summed E-state index contributed by atoms with van der Waals surface area (Å²) in [6, 6.07) is 8.58. The second kappa shape index (κ2) is 7.85. The molecule has 0 radical (unpaired) electrons. The van der Waals surface area contributed by atoms with E-state index in [-0.39, 0.29) is 9.92 Å². The van der Waals surface area contributed by atoms with Crippen molar-refractivity contribution >= 4 is 44.6 Å². The fourth-order valence-corrected chi connectivity index (χ4v) is 4.55. The topological polar surface area (TPSA) is 49.4 Å². The Balaban J connectivity index is 2.37. The summed E-state index contributed by atoms with van der Waals surface area (Å²) in [4.78, 5) is 2.22. The van der Waals surface area contributed by atoms with Gasteiger partial charge in [0.1, 0.15) is 4.90 Å². The second-order valence-corrected chi connectivity index (χ2v) is 8.27. The summed E-state index contributed by atoms with van der Waals surface area (Å²) in [7, 11) is -3.80. The van der Waals surface area contributed by atoms with Gasteiger partial charge in [-0.05, 0) is 69.2 Å². The molecule has 0 spiro atoms. The molecular formula is C18H22Cl2N2O2S. The van der Waals surface area contributed by atoms with Crippen molar-refractivity contribution in [1.29, 1.82) is 0 Å². The summed E-state index contributed by atoms with van der Waals surface area (Å²) < 4.78 is 28.1. The van der Waals surface area contributed by atoms with Crippen molar-refractivity contribution in [3.63, 3.8) is 0 Å². The maximum absolute atomic E-state index is 12.7. The Morgan fingerprint density at radius 1 is 0.960 bits per heavy atom. The molecule has 0 heterocycles. The second-order valence-electron chi connectivity index (χ2n) is 5.81. The van der Waals surface area contributed by atoms with Crippen LogP contribution in [-0.2, 0) is 10.0 Å². The van der Waals surface area contributed by atoms with Gasteiger partial charge in [0.15, 0.2) is 0 Å². The van der Waals surface area contributed by atoms with Crippen LogP contribution in [0.25, 0.3) is 0 Å². The molecule has 4 nitrogen and oxygen atoms in total. The predicted molar refractivity (Wildman–Crippen MR) is 107 cm³/mol. The third kappa shape index (κ3) is 4.40. The third-order valence-electron chi connectivity index (χ3n) is 4.09. The normalized spacial score (nSPS) is 11.4. The molecule has 2 rings (SSSR count). The largest absolute Gasteiger partial charge is 0.372 e. The molecule has 0 aliphatic rings. The Labute approximate surface area is 159 Å². The van der Waals surface area contributed by atoms with Crippen molar-refractivity contribution in [3.8, 4) is 0 Å². The first-order valence-corrected chi connectivity index (χ1v) is 10.3. The van der Waals surface area contributed by atoms with Crippen molar-refractivity contribution in [3.05, 3.63) is 51.5 Å². The standard InChI is InChI=1S/C18H22Cl2N2O2S/c1-5-22(6-2)14-7-8-17(13(4)9-14)21-25(23,24)18-10-12(3)15(19)11-16(18)20/h7-11,21H,5-6H2,1-4H3. The molecule has 0 saturated heterocycles. The monoisotopic (exact) mass is 400 g/mol. The van der Waals surface area contributed by atoms with Crippen LogP contribution < -0.4 is 9.62 Å². The van der Waals surface area contributed by atoms with E-state index in [9.17, 15) is 8.42 Å². The van der Waals surface area contributed by atoms with E-state index in [1.165, 1.54) is 12.1 Å². The average molecular weight is 401 g/mol. The number of nitrogens with zero attached hydrogens (tertiary/aromatic N) is 1. The minimum Gasteiger partial charge on any atom is -0.372 e. The minimum atomic E-state index is -3.80. The van der Waals surface area contributed by atoms with Crippen LogP contribution in [0, 0.1) is 13.8 Å². The lowest BCUT2D eigenvalue weighted by molar-refractivity contribution is 0.601. The third-order valence-corrected chi connectivity index (χ3v) is 6.32. The molecule has 0 aliphatic carbocycles. The molecule has 0 fully saturated rings. The van der Waals surface area contributed by atoms with Crippen LogP contribution in [0.15, 0.2) is 35.2 Å². The van der Waals surface area contributed by atoms with Crippen molar-refractivity contribution in [2.75, 3.05) is 22.7 Å². The van der Waals surface area contributed by atoms with E-state index in [0.717, 1.165) is 24.3 Å². The summed E-state index contributed by atoms with van der Waals surface area (Å²) in [5.74, 6) is 0. The van der Waals surface area contributed by atoms with Crippen LogP contribution in [0.4, 0.5) is 11.4 Å². The maximum Gasteiger partial charge on any atom is 0.263 e. The number of benzene rings is 2. The van der Waals surface area contributed by atoms with E-state index in [2.05, 4.69) is 23.5 Å². The zero-order valence-corrected chi connectivity index (χ0v) is 17.1. The Morgan fingerprint density at radius 3 is 2.16 bits per heavy atom. The van der Waals surface area contributed by atoms with Gasteiger partial charge in [-0.3, -0.25) is 4.72 Å². The van der Waals surface area contributed by atoms with Gasteiger partial charge in [0.25, 0.3) is 10.0 Å². The Kier molecular flexibility index (Phi) is 6.25. The number of rotatable bonds is 6. The highest BCUT2D eigenvalue weighted by Crippen LogP contribution is 2.31. The Morgan fingerprint density at radius 2 is 1.60 bits per heavy atom. The van der Waals surface area contributed by atoms with Crippen LogP contribution in [0.2, 0.25) is 10.0 Å². The number of hydrogen-bond donors (Lipinski definition) is 1. The van der Waals surface area contributed by atoms with E-state index in [0.29, 0.717) is 16.3 Å². The maximum atomic E-state index is 12.7. The average Bonchev–Trinajstić information content (AvgIpc) is 2.54. The zero-order valence-electron chi connectivity index (χ0n) is 14.7. The number of nitrogens with one attached hydrogen (secondary N) is 1. The lowest BCUT2D eigenvalue weighted by Crippen LogP contribution is -2.22. The van der Waals surface area contributed by atoms with Gasteiger partial charge in [0, 0.05) is 23.8 Å². The Hall–Kier alpha value is -1.43. The molecule has 0 atom stereocenters. The molecule has 0 saturated carbocycles. The molecule has 2 aromatic rings. The number of hydrogen-bond acceptors (Lipinski definition) is 3. The van der Waals surface area contributed by atoms with Gasteiger partial charge >= 0.3 is 0 Å². The highest BCUT2D eigenvalue weighted by molar-refractivity contribution is 7.92. The smallest absolute Gasteiger partial charge is 0.263 e. The van der Waals surface area contributed by atoms with Crippen LogP contribution in [0.3, 0.4) is 0 Å². The van der Waals surface area contributed by atoms with E-state index in [4.69, 9.17) is 23.2 Å². The molecular weight excluding hydrogens is 379 g/mol. The summed E-state index contributed by atoms with van der Waals surface area (Å²) >= 11 is 12.1. The predicted octanol–water partition coefficient (Wildman–Crippen LogP) is 5.26. The van der Waals surface area contributed by atoms with Gasteiger partial charge in [-0.2, -0.15) is 0 Å². The quantitative estimate of drug-likeness (QED) is 0.719. The number of sulfonamides is 1. The first-order valence-electron chi connectivity index (χ1n) is 8.03. The van der Waals surface area contributed by atoms with E-state index >= 15 is 0 Å². The molecule has 0 aromatic heterocycles. The summed E-state index contributed by atoms with van der Waals surface area (Å²) in [5.41, 5.74) is 3.08. The van der Waals surface area contributed by atoms with Gasteiger partial charge in [-0.15, -0.1) is 0 Å². The van der Waals surface area contributed by atoms with Gasteiger partial charge < -0.3 is 4.90 Å². The highest BCUT2D eigenvalue weighted by atomic mass is 35.5. The summed E-state index contributed by atoms with van der Waals surface area (Å²) in [6.45, 7) is 9.56. The summed E-state index contributed by atoms with van der Waals surface area (Å²) in [6.07, 6.45) is 0. The fraction of sp³-hybridized carbons (Fsp3) is 0.333. The van der Waals surface area contributed by atoms with Gasteiger partial charge in [-0.25, -0.2) is 8.42 Å². The van der Waals surface area contributed by atoms with Crippen LogP contribution in [0.1, 0.15) is 25.0 Å². The SMILES string of the molecule is CCN(CC)c1ccc(NS(=O)(=O)c2cc(C)c(Cl)cc2Cl)c(C)c1. The van der Waals surface area contributed by atoms with Gasteiger partial charge in [0.2, 0.25) is 0 Å². The van der Waals surface area contributed by atoms with Crippen LogP contribution in [0.5, 0.6) is 0 Å². The zero-order chi connectivity index (χ0) is 18.8. The van der Waals surface area contributed by atoms with Crippen molar-refractivity contribution in [1.82, 2.24) is 0 Å². The van der Waals surface area contributed by atoms with E-state index in [1.54, 1.807) is 13.0 Å². The molecule has 0 aliphatic heterocycles. The van der Waals surface area contributed by atoms with Crippen molar-refractivity contribution in [2.45, 2.75) is 32.6 Å². The molecule has 7 heteroatoms. The Bertz CT molecular complexity index is 879. The number of aryl methyl sites for hydroxylation is 2. The fourth-order valence-electron chi connectivity index (χ4n) is 2.58. The first kappa shape index (κ1) is 19.9. The molecule has 25 heavy (non-hydrogen) atoms. The number of anilines is 2. The lowest BCUT2D eigenvalue weighted by Gasteiger charge is -2.22. The van der Waals surface area contributed by atoms with Crippen molar-refractivity contribution < 1.29 is 8.42 Å². The molecule has 1 N–H and O–H groups in total. The highest BCUT2D eigenvalue weighted by Gasteiger charge is 2.20. The first-order chi connectivity index (χ1) is 11.7. The minimum absolute atomic E-state index is 0.0169. The van der Waals surface area contributed by atoms with E-state index in [1.807, 2.05) is 19.1 Å². The van der Waals surface area contributed by atoms with E-state index < -0.39 is 10.0 Å². The lowest BCUT2D eigenvalue weighted by atomic mass is 10.1. The van der Waals surface area contributed by atoms with Gasteiger partial charge in [0.05, 0.1) is 10.7 Å². The molecule has 0 bridgehead atoms. The molecule has 0 amide bonds. The van der Waals surface area contributed by atoms with Crippen LogP contribution >= 0.6 is 23.2 Å². The molecule has 2 aromatic carbocycles. The molecule has 0 unspecified atom stereocenters. The van der Waals surface area contributed by atoms with Crippen LogP contribution in [-0.4, -0.2) is 21.5 Å².